The molecule has 2 N–H and O–H groups in total. The maximum Gasteiger partial charge on any atom is 0.446 e. The molecule has 0 aliphatic heterocycles. The second-order valence-corrected chi connectivity index (χ2v) is 6.30. The lowest BCUT2D eigenvalue weighted by Gasteiger charge is -2.11. The molecule has 3 aromatic rings. The van der Waals surface area contributed by atoms with Gasteiger partial charge in [0.05, 0.1) is 6.61 Å². The first-order chi connectivity index (χ1) is 12.0. The van der Waals surface area contributed by atoms with Gasteiger partial charge in [-0.3, -0.25) is 0 Å². The molecule has 0 fully saturated rings. The Morgan fingerprint density at radius 1 is 0.960 bits per heavy atom. The van der Waals surface area contributed by atoms with Crippen molar-refractivity contribution in [2.75, 3.05) is 18.5 Å². The lowest BCUT2D eigenvalue weighted by Crippen LogP contribution is -2.08. The van der Waals surface area contributed by atoms with Crippen LogP contribution in [-0.2, 0) is 0 Å². The van der Waals surface area contributed by atoms with E-state index < -0.39 is 5.51 Å². The van der Waals surface area contributed by atoms with Crippen LogP contribution in [0.15, 0.2) is 53.4 Å². The Morgan fingerprint density at radius 2 is 1.64 bits per heavy atom. The number of nitrogens with zero attached hydrogens (tertiary/aromatic N) is 2. The number of alkyl halides is 3. The summed E-state index contributed by atoms with van der Waals surface area (Å²) in [4.78, 5) is 0.120. The predicted octanol–water partition coefficient (Wildman–Crippen LogP) is 4.31. The number of nitrogens with one attached hydrogen (secondary N) is 1. The van der Waals surface area contributed by atoms with E-state index in [9.17, 15) is 13.2 Å². The Hall–Kier alpha value is -2.32. The minimum absolute atomic E-state index is 0.0317. The average molecular weight is 365 g/mol. The molecule has 0 radical (unpaired) electrons. The van der Waals surface area contributed by atoms with Gasteiger partial charge in [0, 0.05) is 27.8 Å². The van der Waals surface area contributed by atoms with Gasteiger partial charge in [0.1, 0.15) is 5.69 Å². The third-order valence-corrected chi connectivity index (χ3v) is 4.19. The maximum absolute atomic E-state index is 12.4. The Labute approximate surface area is 146 Å². The molecule has 1 aromatic heterocycles. The molecule has 0 aliphatic rings. The van der Waals surface area contributed by atoms with Gasteiger partial charge in [-0.15, -0.1) is 10.2 Å². The molecule has 8 heteroatoms. The average Bonchev–Trinajstić information content (AvgIpc) is 2.59. The lowest BCUT2D eigenvalue weighted by atomic mass is 10.0. The highest BCUT2D eigenvalue weighted by atomic mass is 32.2. The van der Waals surface area contributed by atoms with Crippen molar-refractivity contribution in [2.24, 2.45) is 0 Å². The topological polar surface area (TPSA) is 58.0 Å². The monoisotopic (exact) mass is 365 g/mol. The van der Waals surface area contributed by atoms with Crippen molar-refractivity contribution >= 4 is 28.4 Å². The van der Waals surface area contributed by atoms with Gasteiger partial charge in [0.15, 0.2) is 5.82 Å². The molecular formula is C17H14F3N3OS. The number of rotatable bonds is 5. The molecule has 0 spiro atoms. The number of aliphatic hydroxyl groups is 1. The van der Waals surface area contributed by atoms with E-state index >= 15 is 0 Å². The molecule has 130 valence electrons. The molecule has 25 heavy (non-hydrogen) atoms. The highest BCUT2D eigenvalue weighted by Crippen LogP contribution is 2.38. The summed E-state index contributed by atoms with van der Waals surface area (Å²) in [6, 6.07) is 13.5. The molecule has 3 rings (SSSR count). The second-order valence-electron chi connectivity index (χ2n) is 5.17. The molecule has 0 aliphatic carbocycles. The standard InChI is InChI=1S/C17H14F3N3OS/c18-17(19,20)25-12-7-5-11(6-8-12)15-13-3-1-2-4-14(13)16(23-22-15)21-9-10-24/h1-8,24H,9-10H2,(H,21,23). The van der Waals surface area contributed by atoms with E-state index in [0.29, 0.717) is 23.6 Å². The lowest BCUT2D eigenvalue weighted by molar-refractivity contribution is -0.0328. The molecule has 0 amide bonds. The molecule has 2 aromatic carbocycles. The van der Waals surface area contributed by atoms with Crippen molar-refractivity contribution in [3.63, 3.8) is 0 Å². The number of aliphatic hydroxyl groups excluding tert-OH is 1. The highest BCUT2D eigenvalue weighted by molar-refractivity contribution is 8.00. The number of hydrogen-bond donors (Lipinski definition) is 2. The van der Waals surface area contributed by atoms with Crippen molar-refractivity contribution in [1.29, 1.82) is 0 Å². The van der Waals surface area contributed by atoms with Crippen molar-refractivity contribution < 1.29 is 18.3 Å². The molecule has 4 nitrogen and oxygen atoms in total. The number of anilines is 1. The number of thioether (sulfide) groups is 1. The zero-order valence-electron chi connectivity index (χ0n) is 12.9. The van der Waals surface area contributed by atoms with Crippen LogP contribution in [0, 0.1) is 0 Å². The summed E-state index contributed by atoms with van der Waals surface area (Å²) in [7, 11) is 0. The van der Waals surface area contributed by atoms with Gasteiger partial charge in [-0.2, -0.15) is 13.2 Å². The fourth-order valence-corrected chi connectivity index (χ4v) is 2.98. The summed E-state index contributed by atoms with van der Waals surface area (Å²) in [6.45, 7) is 0.317. The van der Waals surface area contributed by atoms with Crippen LogP contribution in [0.25, 0.3) is 22.0 Å². The molecule has 0 bridgehead atoms. The van der Waals surface area contributed by atoms with E-state index in [0.717, 1.165) is 10.8 Å². The van der Waals surface area contributed by atoms with Crippen LogP contribution in [0.4, 0.5) is 19.0 Å². The Bertz CT molecular complexity index is 869. The van der Waals surface area contributed by atoms with Gasteiger partial charge in [-0.1, -0.05) is 36.4 Å². The minimum Gasteiger partial charge on any atom is -0.395 e. The third-order valence-electron chi connectivity index (χ3n) is 3.45. The summed E-state index contributed by atoms with van der Waals surface area (Å²) in [6.07, 6.45) is 0. The molecule has 0 unspecified atom stereocenters. The fraction of sp³-hybridized carbons (Fsp3) is 0.176. The molecule has 0 saturated heterocycles. The predicted molar refractivity (Wildman–Crippen MR) is 92.5 cm³/mol. The van der Waals surface area contributed by atoms with Crippen LogP contribution < -0.4 is 5.32 Å². The molecule has 0 atom stereocenters. The first kappa shape index (κ1) is 17.5. The van der Waals surface area contributed by atoms with E-state index in [2.05, 4.69) is 15.5 Å². The van der Waals surface area contributed by atoms with Crippen molar-refractivity contribution in [2.45, 2.75) is 10.4 Å². The second kappa shape index (κ2) is 7.28. The zero-order valence-corrected chi connectivity index (χ0v) is 13.7. The smallest absolute Gasteiger partial charge is 0.395 e. The minimum atomic E-state index is -4.31. The van der Waals surface area contributed by atoms with Crippen molar-refractivity contribution in [1.82, 2.24) is 10.2 Å². The largest absolute Gasteiger partial charge is 0.446 e. The van der Waals surface area contributed by atoms with E-state index in [4.69, 9.17) is 5.11 Å². The van der Waals surface area contributed by atoms with Gasteiger partial charge in [0.25, 0.3) is 0 Å². The van der Waals surface area contributed by atoms with Gasteiger partial charge < -0.3 is 10.4 Å². The van der Waals surface area contributed by atoms with Crippen LogP contribution in [0.1, 0.15) is 0 Å². The Morgan fingerprint density at radius 3 is 2.28 bits per heavy atom. The van der Waals surface area contributed by atoms with E-state index in [-0.39, 0.29) is 23.3 Å². The summed E-state index contributed by atoms with van der Waals surface area (Å²) in [5, 5.41) is 22.0. The van der Waals surface area contributed by atoms with Crippen molar-refractivity contribution in [3.8, 4) is 11.3 Å². The molecular weight excluding hydrogens is 351 g/mol. The normalized spacial score (nSPS) is 11.7. The highest BCUT2D eigenvalue weighted by Gasteiger charge is 2.29. The number of fused-ring (bicyclic) bond motifs is 1. The van der Waals surface area contributed by atoms with Crippen LogP contribution in [-0.4, -0.2) is 34.0 Å². The van der Waals surface area contributed by atoms with Gasteiger partial charge in [0.2, 0.25) is 0 Å². The van der Waals surface area contributed by atoms with Crippen LogP contribution in [0.3, 0.4) is 0 Å². The van der Waals surface area contributed by atoms with E-state index in [1.807, 2.05) is 24.3 Å². The van der Waals surface area contributed by atoms with Gasteiger partial charge in [-0.05, 0) is 23.9 Å². The van der Waals surface area contributed by atoms with Gasteiger partial charge >= 0.3 is 5.51 Å². The summed E-state index contributed by atoms with van der Waals surface area (Å²) in [5.74, 6) is 0.553. The zero-order chi connectivity index (χ0) is 17.9. The quantitative estimate of drug-likeness (QED) is 0.660. The van der Waals surface area contributed by atoms with E-state index in [1.165, 1.54) is 12.1 Å². The van der Waals surface area contributed by atoms with Crippen LogP contribution in [0.5, 0.6) is 0 Å². The summed E-state index contributed by atoms with van der Waals surface area (Å²) < 4.78 is 37.3. The number of aromatic nitrogens is 2. The van der Waals surface area contributed by atoms with Crippen molar-refractivity contribution in [3.05, 3.63) is 48.5 Å². The van der Waals surface area contributed by atoms with Gasteiger partial charge in [-0.25, -0.2) is 0 Å². The maximum atomic E-state index is 12.4. The molecule has 0 saturated carbocycles. The molecule has 1 heterocycles. The van der Waals surface area contributed by atoms with Crippen LogP contribution in [0.2, 0.25) is 0 Å². The fourth-order valence-electron chi connectivity index (χ4n) is 2.44. The van der Waals surface area contributed by atoms with E-state index in [1.54, 1.807) is 12.1 Å². The SMILES string of the molecule is OCCNc1nnc(-c2ccc(SC(F)(F)F)cc2)c2ccccc12. The Kier molecular flexibility index (Phi) is 5.10. The summed E-state index contributed by atoms with van der Waals surface area (Å²) >= 11 is -0.150. The number of hydrogen-bond acceptors (Lipinski definition) is 5. The first-order valence-corrected chi connectivity index (χ1v) is 8.26. The van der Waals surface area contributed by atoms with Crippen LogP contribution >= 0.6 is 11.8 Å². The Balaban J connectivity index is 1.99. The summed E-state index contributed by atoms with van der Waals surface area (Å²) in [5.41, 5.74) is -3.04. The number of benzene rings is 2. The third kappa shape index (κ3) is 4.21. The first-order valence-electron chi connectivity index (χ1n) is 7.44. The number of halogens is 3.